The van der Waals surface area contributed by atoms with E-state index in [1.807, 2.05) is 11.8 Å². The molecule has 1 saturated heterocycles. The Balaban J connectivity index is 1.85. The van der Waals surface area contributed by atoms with Gasteiger partial charge in [-0.05, 0) is 18.6 Å². The summed E-state index contributed by atoms with van der Waals surface area (Å²) in [6.45, 7) is 2.26. The maximum atomic E-state index is 11.8. The molecule has 0 aliphatic carbocycles. The summed E-state index contributed by atoms with van der Waals surface area (Å²) in [7, 11) is 0. The molecule has 1 unspecified atom stereocenters. The number of rotatable bonds is 10. The van der Waals surface area contributed by atoms with Crippen LogP contribution in [0.2, 0.25) is 0 Å². The molecular weight excluding hydrogens is 228 g/mol. The van der Waals surface area contributed by atoms with Crippen LogP contribution in [0, 0.1) is 5.92 Å². The topological polar surface area (TPSA) is 17.1 Å². The Morgan fingerprint density at radius 2 is 1.71 bits per heavy atom. The van der Waals surface area contributed by atoms with Gasteiger partial charge in [-0.3, -0.25) is 4.79 Å². The fourth-order valence-electron chi connectivity index (χ4n) is 2.43. The Morgan fingerprint density at radius 1 is 1.06 bits per heavy atom. The molecule has 0 aromatic heterocycles. The van der Waals surface area contributed by atoms with Crippen molar-refractivity contribution in [3.8, 4) is 0 Å². The molecule has 0 aromatic rings. The number of thioether (sulfide) groups is 1. The second-order valence-electron chi connectivity index (χ2n) is 5.25. The first-order chi connectivity index (χ1) is 8.34. The number of hydrogen-bond donors (Lipinski definition) is 0. The molecule has 1 aliphatic heterocycles. The summed E-state index contributed by atoms with van der Waals surface area (Å²) in [4.78, 5) is 11.8. The average molecular weight is 256 g/mol. The third kappa shape index (κ3) is 7.13. The fraction of sp³-hybridized carbons (Fsp3) is 0.933. The van der Waals surface area contributed by atoms with Gasteiger partial charge in [-0.2, -0.15) is 11.8 Å². The molecule has 0 saturated carbocycles. The zero-order chi connectivity index (χ0) is 12.3. The normalized spacial score (nSPS) is 19.7. The van der Waals surface area contributed by atoms with E-state index in [1.165, 1.54) is 50.7 Å². The van der Waals surface area contributed by atoms with E-state index in [0.717, 1.165) is 25.0 Å². The van der Waals surface area contributed by atoms with E-state index in [0.29, 0.717) is 11.7 Å². The van der Waals surface area contributed by atoms with Gasteiger partial charge in [-0.25, -0.2) is 0 Å². The molecule has 1 aliphatic rings. The molecule has 0 radical (unpaired) electrons. The first kappa shape index (κ1) is 15.1. The highest BCUT2D eigenvalue weighted by atomic mass is 32.2. The van der Waals surface area contributed by atoms with E-state index < -0.39 is 0 Å². The molecule has 2 heteroatoms. The van der Waals surface area contributed by atoms with Crippen molar-refractivity contribution in [2.45, 2.75) is 71.1 Å². The molecule has 1 heterocycles. The van der Waals surface area contributed by atoms with Crippen LogP contribution in [0.25, 0.3) is 0 Å². The highest BCUT2D eigenvalue weighted by Crippen LogP contribution is 2.25. The summed E-state index contributed by atoms with van der Waals surface area (Å²) in [5.74, 6) is 3.24. The molecule has 0 N–H and O–H groups in total. The zero-order valence-corrected chi connectivity index (χ0v) is 12.2. The molecule has 1 nitrogen and oxygen atoms in total. The van der Waals surface area contributed by atoms with Crippen LogP contribution in [-0.4, -0.2) is 17.3 Å². The van der Waals surface area contributed by atoms with Crippen LogP contribution in [0.4, 0.5) is 0 Å². The molecule has 1 rings (SSSR count). The lowest BCUT2D eigenvalue weighted by molar-refractivity contribution is -0.122. The third-order valence-corrected chi connectivity index (χ3v) is 4.82. The molecule has 1 atom stereocenters. The van der Waals surface area contributed by atoms with Crippen molar-refractivity contribution >= 4 is 17.5 Å². The predicted molar refractivity (Wildman–Crippen MR) is 77.7 cm³/mol. The van der Waals surface area contributed by atoms with Crippen LogP contribution in [0.5, 0.6) is 0 Å². The Kier molecular flexibility index (Phi) is 8.86. The Labute approximate surface area is 111 Å². The van der Waals surface area contributed by atoms with E-state index in [9.17, 15) is 4.79 Å². The van der Waals surface area contributed by atoms with Crippen LogP contribution >= 0.6 is 11.8 Å². The lowest BCUT2D eigenvalue weighted by Gasteiger charge is -2.06. The molecule has 0 amide bonds. The summed E-state index contributed by atoms with van der Waals surface area (Å²) in [5.41, 5.74) is 0. The largest absolute Gasteiger partial charge is 0.299 e. The minimum atomic E-state index is 0.407. The van der Waals surface area contributed by atoms with Gasteiger partial charge >= 0.3 is 0 Å². The van der Waals surface area contributed by atoms with Crippen molar-refractivity contribution < 1.29 is 4.79 Å². The van der Waals surface area contributed by atoms with Gasteiger partial charge in [-0.1, -0.05) is 51.9 Å². The van der Waals surface area contributed by atoms with E-state index >= 15 is 0 Å². The first-order valence-corrected chi connectivity index (χ1v) is 8.60. The van der Waals surface area contributed by atoms with Gasteiger partial charge in [0.2, 0.25) is 0 Å². The highest BCUT2D eigenvalue weighted by molar-refractivity contribution is 7.99. The Hall–Kier alpha value is 0.0200. The van der Waals surface area contributed by atoms with Crippen molar-refractivity contribution in [2.24, 2.45) is 5.92 Å². The summed E-state index contributed by atoms with van der Waals surface area (Å²) in [6, 6.07) is 0. The number of hydrogen-bond acceptors (Lipinski definition) is 2. The Bertz CT molecular complexity index is 197. The second kappa shape index (κ2) is 9.99. The van der Waals surface area contributed by atoms with Gasteiger partial charge in [0.1, 0.15) is 5.78 Å². The smallest absolute Gasteiger partial charge is 0.136 e. The summed E-state index contributed by atoms with van der Waals surface area (Å²) < 4.78 is 0. The van der Waals surface area contributed by atoms with Crippen molar-refractivity contribution in [1.82, 2.24) is 0 Å². The van der Waals surface area contributed by atoms with Crippen molar-refractivity contribution in [1.29, 1.82) is 0 Å². The lowest BCUT2D eigenvalue weighted by Crippen LogP contribution is -2.13. The van der Waals surface area contributed by atoms with Gasteiger partial charge in [0.25, 0.3) is 0 Å². The second-order valence-corrected chi connectivity index (χ2v) is 6.40. The third-order valence-electron chi connectivity index (χ3n) is 3.66. The van der Waals surface area contributed by atoms with Gasteiger partial charge in [0.15, 0.2) is 0 Å². The monoisotopic (exact) mass is 256 g/mol. The van der Waals surface area contributed by atoms with Gasteiger partial charge in [0, 0.05) is 18.1 Å². The van der Waals surface area contributed by atoms with Crippen molar-refractivity contribution in [3.05, 3.63) is 0 Å². The van der Waals surface area contributed by atoms with E-state index in [4.69, 9.17) is 0 Å². The lowest BCUT2D eigenvalue weighted by atomic mass is 9.98. The number of Topliss-reactive ketones (excluding diaryl/α,β-unsaturated/α-hetero) is 1. The maximum absolute atomic E-state index is 11.8. The van der Waals surface area contributed by atoms with Crippen molar-refractivity contribution in [3.63, 3.8) is 0 Å². The van der Waals surface area contributed by atoms with E-state index in [-0.39, 0.29) is 0 Å². The van der Waals surface area contributed by atoms with E-state index in [1.54, 1.807) is 0 Å². The van der Waals surface area contributed by atoms with Crippen molar-refractivity contribution in [2.75, 3.05) is 11.5 Å². The van der Waals surface area contributed by atoms with Crippen LogP contribution < -0.4 is 0 Å². The Morgan fingerprint density at radius 3 is 2.29 bits per heavy atom. The molecular formula is C15H28OS. The molecule has 100 valence electrons. The van der Waals surface area contributed by atoms with Gasteiger partial charge in [-0.15, -0.1) is 0 Å². The quantitative estimate of drug-likeness (QED) is 0.520. The molecule has 0 aromatic carbocycles. The van der Waals surface area contributed by atoms with Gasteiger partial charge < -0.3 is 0 Å². The van der Waals surface area contributed by atoms with Gasteiger partial charge in [0.05, 0.1) is 0 Å². The molecule has 1 fully saturated rings. The number of carbonyl (C=O) groups excluding carboxylic acids is 1. The summed E-state index contributed by atoms with van der Waals surface area (Å²) >= 11 is 1.94. The molecule has 0 spiro atoms. The zero-order valence-electron chi connectivity index (χ0n) is 11.4. The summed E-state index contributed by atoms with van der Waals surface area (Å²) in [5, 5.41) is 0. The molecule has 17 heavy (non-hydrogen) atoms. The predicted octanol–water partition coefficient (Wildman–Crippen LogP) is 4.84. The van der Waals surface area contributed by atoms with E-state index in [2.05, 4.69) is 6.92 Å². The molecule has 0 bridgehead atoms. The maximum Gasteiger partial charge on any atom is 0.136 e. The SMILES string of the molecule is CCCCCCCCCCC(=O)C1CCSC1. The standard InChI is InChI=1S/C15H28OS/c1-2-3-4-5-6-7-8-9-10-15(16)14-11-12-17-13-14/h14H,2-13H2,1H3. The van der Waals surface area contributed by atoms with Crippen LogP contribution in [0.3, 0.4) is 0 Å². The number of ketones is 1. The minimum Gasteiger partial charge on any atom is -0.299 e. The summed E-state index contributed by atoms with van der Waals surface area (Å²) in [6.07, 6.45) is 12.6. The van der Waals surface area contributed by atoms with Crippen LogP contribution in [0.1, 0.15) is 71.1 Å². The number of carbonyl (C=O) groups is 1. The fourth-order valence-corrected chi connectivity index (χ4v) is 3.68. The van der Waals surface area contributed by atoms with Crippen LogP contribution in [-0.2, 0) is 4.79 Å². The number of unbranched alkanes of at least 4 members (excludes halogenated alkanes) is 7. The average Bonchev–Trinajstić information content (AvgIpc) is 2.86. The minimum absolute atomic E-state index is 0.407. The first-order valence-electron chi connectivity index (χ1n) is 7.45. The van der Waals surface area contributed by atoms with Crippen LogP contribution in [0.15, 0.2) is 0 Å². The highest BCUT2D eigenvalue weighted by Gasteiger charge is 2.21.